The summed E-state index contributed by atoms with van der Waals surface area (Å²) in [4.78, 5) is 32.8. The average molecular weight is 459 g/mol. The van der Waals surface area contributed by atoms with Gasteiger partial charge >= 0.3 is 6.03 Å². The van der Waals surface area contributed by atoms with E-state index in [1.807, 2.05) is 9.80 Å². The number of anilines is 1. The normalized spacial score (nSPS) is 24.2. The number of ether oxygens (including phenoxy) is 1. The summed E-state index contributed by atoms with van der Waals surface area (Å²) in [6.07, 6.45) is 5.81. The molecule has 30 heavy (non-hydrogen) atoms. The Kier molecular flexibility index (Phi) is 7.66. The van der Waals surface area contributed by atoms with Gasteiger partial charge in [0.15, 0.2) is 11.7 Å². The summed E-state index contributed by atoms with van der Waals surface area (Å²) in [5.74, 6) is 3.11. The SMILES string of the molecule is CCCN1C(=O)N2CC(CN3CCOCC3)N=C2c2[nH]c(C3CCCC3)nc21.Cl.Cl. The Morgan fingerprint density at radius 1 is 1.17 bits per heavy atom. The zero-order valence-electron chi connectivity index (χ0n) is 17.5. The van der Waals surface area contributed by atoms with Crippen LogP contribution in [0.4, 0.5) is 10.6 Å². The van der Waals surface area contributed by atoms with Gasteiger partial charge in [0.2, 0.25) is 0 Å². The minimum absolute atomic E-state index is 0. The zero-order chi connectivity index (χ0) is 19.1. The Morgan fingerprint density at radius 2 is 1.90 bits per heavy atom. The van der Waals surface area contributed by atoms with Crippen LogP contribution < -0.4 is 4.90 Å². The van der Waals surface area contributed by atoms with E-state index < -0.39 is 0 Å². The number of rotatable bonds is 5. The number of aromatic amines is 1. The van der Waals surface area contributed by atoms with Gasteiger partial charge in [0.25, 0.3) is 0 Å². The maximum atomic E-state index is 13.2. The second-order valence-electron chi connectivity index (χ2n) is 8.37. The first-order chi connectivity index (χ1) is 13.7. The van der Waals surface area contributed by atoms with Crippen LogP contribution in [0.2, 0.25) is 0 Å². The van der Waals surface area contributed by atoms with E-state index in [2.05, 4.69) is 16.8 Å². The third-order valence-corrected chi connectivity index (χ3v) is 6.36. The van der Waals surface area contributed by atoms with Crippen LogP contribution in [-0.2, 0) is 4.74 Å². The number of morpholine rings is 1. The van der Waals surface area contributed by atoms with Crippen molar-refractivity contribution in [3.8, 4) is 0 Å². The van der Waals surface area contributed by atoms with Gasteiger partial charge in [-0.05, 0) is 19.3 Å². The molecule has 1 saturated carbocycles. The van der Waals surface area contributed by atoms with Gasteiger partial charge in [-0.3, -0.25) is 19.7 Å². The predicted octanol–water partition coefficient (Wildman–Crippen LogP) is 3.02. The van der Waals surface area contributed by atoms with E-state index in [0.29, 0.717) is 19.0 Å². The second kappa shape index (κ2) is 9.85. The molecule has 3 aliphatic heterocycles. The lowest BCUT2D eigenvalue weighted by atomic mass is 10.1. The first-order valence-electron chi connectivity index (χ1n) is 10.8. The standard InChI is InChI=1S/C20H30N6O2.2ClH/c1-2-7-25-19-16(22-17(23-19)14-5-3-4-6-14)18-21-15(13-26(18)20(25)27)12-24-8-10-28-11-9-24;;/h14-15H,2-13H2,1H3,(H,22,23);2*1H. The van der Waals surface area contributed by atoms with Crippen LogP contribution in [0.5, 0.6) is 0 Å². The molecule has 0 bridgehead atoms. The van der Waals surface area contributed by atoms with Gasteiger partial charge in [0.1, 0.15) is 11.5 Å². The fraction of sp³-hybridized carbons (Fsp3) is 0.750. The molecule has 2 fully saturated rings. The smallest absolute Gasteiger partial charge is 0.331 e. The van der Waals surface area contributed by atoms with E-state index >= 15 is 0 Å². The number of aliphatic imine (C=N–C) groups is 1. The fourth-order valence-corrected chi connectivity index (χ4v) is 4.92. The van der Waals surface area contributed by atoms with Crippen molar-refractivity contribution in [3.05, 3.63) is 11.5 Å². The molecule has 1 aliphatic carbocycles. The number of halogens is 2. The minimum atomic E-state index is 0. The molecule has 0 aromatic carbocycles. The number of amidine groups is 1. The summed E-state index contributed by atoms with van der Waals surface area (Å²) in [6, 6.07) is 0.145. The highest BCUT2D eigenvalue weighted by Crippen LogP contribution is 2.37. The van der Waals surface area contributed by atoms with Gasteiger partial charge in [-0.1, -0.05) is 19.8 Å². The van der Waals surface area contributed by atoms with E-state index in [4.69, 9.17) is 14.7 Å². The molecule has 1 aromatic rings. The molecule has 2 amide bonds. The van der Waals surface area contributed by atoms with Crippen molar-refractivity contribution < 1.29 is 9.53 Å². The Bertz CT molecular complexity index is 773. The molecular weight excluding hydrogens is 427 g/mol. The van der Waals surface area contributed by atoms with Crippen LogP contribution in [0, 0.1) is 0 Å². The number of aromatic nitrogens is 2. The van der Waals surface area contributed by atoms with E-state index in [1.54, 1.807) is 0 Å². The summed E-state index contributed by atoms with van der Waals surface area (Å²) >= 11 is 0. The molecule has 4 heterocycles. The Labute approximate surface area is 190 Å². The number of fused-ring (bicyclic) bond motifs is 3. The molecule has 10 heteroatoms. The number of carbonyl (C=O) groups is 1. The third-order valence-electron chi connectivity index (χ3n) is 6.36. The lowest BCUT2D eigenvalue weighted by Gasteiger charge is -2.32. The molecule has 0 spiro atoms. The van der Waals surface area contributed by atoms with Gasteiger partial charge in [-0.25, -0.2) is 9.78 Å². The van der Waals surface area contributed by atoms with Crippen molar-refractivity contribution in [2.24, 2.45) is 4.99 Å². The van der Waals surface area contributed by atoms with Crippen LogP contribution in [0.15, 0.2) is 4.99 Å². The Morgan fingerprint density at radius 3 is 2.60 bits per heavy atom. The number of imidazole rings is 1. The van der Waals surface area contributed by atoms with Crippen molar-refractivity contribution in [2.45, 2.75) is 51.0 Å². The van der Waals surface area contributed by atoms with Crippen molar-refractivity contribution in [1.82, 2.24) is 19.8 Å². The summed E-state index contributed by atoms with van der Waals surface area (Å²) in [6.45, 7) is 7.78. The fourth-order valence-electron chi connectivity index (χ4n) is 4.92. The number of nitrogens with one attached hydrogen (secondary N) is 1. The van der Waals surface area contributed by atoms with Crippen LogP contribution in [0.1, 0.15) is 56.5 Å². The van der Waals surface area contributed by atoms with Gasteiger partial charge in [-0.2, -0.15) is 0 Å². The molecule has 5 rings (SSSR count). The maximum absolute atomic E-state index is 13.2. The second-order valence-corrected chi connectivity index (χ2v) is 8.37. The van der Waals surface area contributed by atoms with Crippen LogP contribution in [0.3, 0.4) is 0 Å². The number of hydrogen-bond acceptors (Lipinski definition) is 5. The molecule has 1 saturated heterocycles. The number of amides is 2. The first kappa shape index (κ1) is 23.3. The van der Waals surface area contributed by atoms with Crippen LogP contribution >= 0.6 is 24.8 Å². The summed E-state index contributed by atoms with van der Waals surface area (Å²) in [5, 5.41) is 0. The summed E-state index contributed by atoms with van der Waals surface area (Å²) in [5.41, 5.74) is 0.944. The number of H-pyrrole nitrogens is 1. The molecule has 1 atom stereocenters. The molecular formula is C20H32Cl2N6O2. The number of carbonyl (C=O) groups excluding carboxylic acids is 1. The van der Waals surface area contributed by atoms with E-state index in [-0.39, 0.29) is 36.9 Å². The molecule has 8 nitrogen and oxygen atoms in total. The quantitative estimate of drug-likeness (QED) is 0.735. The highest BCUT2D eigenvalue weighted by atomic mass is 35.5. The van der Waals surface area contributed by atoms with Crippen LogP contribution in [0.25, 0.3) is 0 Å². The largest absolute Gasteiger partial charge is 0.379 e. The van der Waals surface area contributed by atoms with Gasteiger partial charge in [0.05, 0.1) is 25.8 Å². The molecule has 0 radical (unpaired) electrons. The zero-order valence-corrected chi connectivity index (χ0v) is 19.1. The molecule has 168 valence electrons. The third kappa shape index (κ3) is 4.20. The number of hydrogen-bond donors (Lipinski definition) is 1. The molecule has 1 N–H and O–H groups in total. The number of nitrogens with zero attached hydrogens (tertiary/aromatic N) is 5. The lowest BCUT2D eigenvalue weighted by Crippen LogP contribution is -2.51. The molecule has 1 aromatic heterocycles. The van der Waals surface area contributed by atoms with Gasteiger partial charge in [-0.15, -0.1) is 24.8 Å². The minimum Gasteiger partial charge on any atom is -0.379 e. The average Bonchev–Trinajstić information content (AvgIpc) is 3.44. The van der Waals surface area contributed by atoms with E-state index in [1.165, 1.54) is 25.7 Å². The van der Waals surface area contributed by atoms with Crippen molar-refractivity contribution in [1.29, 1.82) is 0 Å². The predicted molar refractivity (Wildman–Crippen MR) is 122 cm³/mol. The highest BCUT2D eigenvalue weighted by Gasteiger charge is 2.43. The van der Waals surface area contributed by atoms with Gasteiger partial charge < -0.3 is 9.72 Å². The molecule has 4 aliphatic rings. The first-order valence-corrected chi connectivity index (χ1v) is 10.8. The summed E-state index contributed by atoms with van der Waals surface area (Å²) in [7, 11) is 0. The number of urea groups is 1. The van der Waals surface area contributed by atoms with Crippen molar-refractivity contribution in [2.75, 3.05) is 50.8 Å². The monoisotopic (exact) mass is 458 g/mol. The summed E-state index contributed by atoms with van der Waals surface area (Å²) < 4.78 is 5.45. The molecule has 1 unspecified atom stereocenters. The van der Waals surface area contributed by atoms with Crippen molar-refractivity contribution in [3.63, 3.8) is 0 Å². The van der Waals surface area contributed by atoms with Gasteiger partial charge in [0, 0.05) is 32.1 Å². The lowest BCUT2D eigenvalue weighted by molar-refractivity contribution is 0.0354. The van der Waals surface area contributed by atoms with E-state index in [9.17, 15) is 4.79 Å². The topological polar surface area (TPSA) is 77.1 Å². The Balaban J connectivity index is 0.00000128. The van der Waals surface area contributed by atoms with E-state index in [0.717, 1.165) is 62.4 Å². The van der Waals surface area contributed by atoms with Crippen LogP contribution in [-0.4, -0.2) is 83.6 Å². The highest BCUT2D eigenvalue weighted by molar-refractivity contribution is 6.18. The Hall–Kier alpha value is -1.35. The maximum Gasteiger partial charge on any atom is 0.331 e. The van der Waals surface area contributed by atoms with Crippen molar-refractivity contribution >= 4 is 42.5 Å².